The van der Waals surface area contributed by atoms with Crippen LogP contribution in [-0.4, -0.2) is 20.4 Å². The summed E-state index contributed by atoms with van der Waals surface area (Å²) in [5.74, 6) is 0. The van der Waals surface area contributed by atoms with E-state index in [0.29, 0.717) is 9.99 Å². The first-order valence-electron chi connectivity index (χ1n) is 4.40. The average Bonchev–Trinajstić information content (AvgIpc) is 2.61. The fraction of sp³-hybridized carbons (Fsp3) is 0.333. The van der Waals surface area contributed by atoms with Gasteiger partial charge in [-0.3, -0.25) is 4.21 Å². The van der Waals surface area contributed by atoms with E-state index in [1.54, 1.807) is 12.5 Å². The molecule has 1 unspecified atom stereocenters. The molecule has 0 aliphatic heterocycles. The number of halogens is 1. The monoisotopic (exact) mass is 304 g/mol. The van der Waals surface area contributed by atoms with Crippen molar-refractivity contribution in [2.75, 3.05) is 6.26 Å². The van der Waals surface area contributed by atoms with Crippen LogP contribution in [0.2, 0.25) is 0 Å². The fourth-order valence-corrected chi connectivity index (χ4v) is 3.85. The normalized spacial score (nSPS) is 13.3. The van der Waals surface area contributed by atoms with Gasteiger partial charge in [-0.1, -0.05) is 6.92 Å². The SMILES string of the molecule is CCc1c(Br)cnc2nc(S(C)=O)sc12. The van der Waals surface area contributed by atoms with Gasteiger partial charge in [0.2, 0.25) is 0 Å². The highest BCUT2D eigenvalue weighted by atomic mass is 79.9. The van der Waals surface area contributed by atoms with E-state index in [-0.39, 0.29) is 0 Å². The van der Waals surface area contributed by atoms with Crippen LogP contribution in [-0.2, 0) is 17.2 Å². The smallest absolute Gasteiger partial charge is 0.183 e. The molecule has 3 nitrogen and oxygen atoms in total. The van der Waals surface area contributed by atoms with Crippen LogP contribution in [0.15, 0.2) is 15.0 Å². The Kier molecular flexibility index (Phi) is 3.18. The molecule has 0 radical (unpaired) electrons. The van der Waals surface area contributed by atoms with Gasteiger partial charge in [0.15, 0.2) is 9.99 Å². The van der Waals surface area contributed by atoms with Crippen molar-refractivity contribution in [2.45, 2.75) is 17.7 Å². The molecule has 2 rings (SSSR count). The van der Waals surface area contributed by atoms with Gasteiger partial charge >= 0.3 is 0 Å². The summed E-state index contributed by atoms with van der Waals surface area (Å²) in [6, 6.07) is 0. The van der Waals surface area contributed by atoms with Crippen molar-refractivity contribution in [1.29, 1.82) is 0 Å². The predicted octanol–water partition coefficient (Wildman–Crippen LogP) is 2.75. The summed E-state index contributed by atoms with van der Waals surface area (Å²) in [4.78, 5) is 8.46. The lowest BCUT2D eigenvalue weighted by atomic mass is 10.2. The lowest BCUT2D eigenvalue weighted by Gasteiger charge is -1.99. The van der Waals surface area contributed by atoms with Crippen molar-refractivity contribution in [1.82, 2.24) is 9.97 Å². The summed E-state index contributed by atoms with van der Waals surface area (Å²) in [5, 5.41) is 0. The molecule has 0 bridgehead atoms. The van der Waals surface area contributed by atoms with Gasteiger partial charge in [0.05, 0.1) is 15.5 Å². The Labute approximate surface area is 103 Å². The van der Waals surface area contributed by atoms with E-state index in [0.717, 1.165) is 15.6 Å². The Morgan fingerprint density at radius 2 is 2.33 bits per heavy atom. The molecule has 1 atom stereocenters. The Balaban J connectivity index is 2.75. The lowest BCUT2D eigenvalue weighted by Crippen LogP contribution is -1.86. The van der Waals surface area contributed by atoms with Gasteiger partial charge in [-0.05, 0) is 27.9 Å². The van der Waals surface area contributed by atoms with E-state index in [4.69, 9.17) is 0 Å². The summed E-state index contributed by atoms with van der Waals surface area (Å²) < 4.78 is 14.0. The molecule has 0 aliphatic carbocycles. The summed E-state index contributed by atoms with van der Waals surface area (Å²) in [6.45, 7) is 2.09. The average molecular weight is 305 g/mol. The van der Waals surface area contributed by atoms with Gasteiger partial charge in [0, 0.05) is 16.9 Å². The Bertz CT molecular complexity index is 538. The highest BCUT2D eigenvalue weighted by Gasteiger charge is 2.12. The van der Waals surface area contributed by atoms with Crippen LogP contribution in [0, 0.1) is 0 Å². The van der Waals surface area contributed by atoms with Crippen molar-refractivity contribution >= 4 is 48.4 Å². The van der Waals surface area contributed by atoms with Crippen molar-refractivity contribution < 1.29 is 4.21 Å². The van der Waals surface area contributed by atoms with E-state index < -0.39 is 10.8 Å². The highest BCUT2D eigenvalue weighted by Crippen LogP contribution is 2.30. The molecule has 0 N–H and O–H groups in total. The maximum Gasteiger partial charge on any atom is 0.183 e. The topological polar surface area (TPSA) is 42.9 Å². The minimum Gasteiger partial charge on any atom is -0.252 e. The largest absolute Gasteiger partial charge is 0.252 e. The maximum absolute atomic E-state index is 11.3. The van der Waals surface area contributed by atoms with E-state index in [2.05, 4.69) is 32.8 Å². The van der Waals surface area contributed by atoms with Crippen molar-refractivity contribution in [3.05, 3.63) is 16.2 Å². The Hall–Kier alpha value is -0.330. The number of aryl methyl sites for hydroxylation is 1. The van der Waals surface area contributed by atoms with Crippen LogP contribution in [0.1, 0.15) is 12.5 Å². The number of hydrogen-bond acceptors (Lipinski definition) is 4. The van der Waals surface area contributed by atoms with E-state index >= 15 is 0 Å². The summed E-state index contributed by atoms with van der Waals surface area (Å²) in [6.07, 6.45) is 4.30. The zero-order valence-corrected chi connectivity index (χ0v) is 11.5. The molecule has 2 aromatic heterocycles. The van der Waals surface area contributed by atoms with Gasteiger partial charge in [-0.2, -0.15) is 0 Å². The molecule has 6 heteroatoms. The second kappa shape index (κ2) is 4.27. The lowest BCUT2D eigenvalue weighted by molar-refractivity contribution is 0.686. The number of pyridine rings is 1. The number of aromatic nitrogens is 2. The Morgan fingerprint density at radius 3 is 2.93 bits per heavy atom. The number of fused-ring (bicyclic) bond motifs is 1. The zero-order valence-electron chi connectivity index (χ0n) is 8.28. The molecule has 0 saturated carbocycles. The third kappa shape index (κ3) is 1.98. The van der Waals surface area contributed by atoms with Gasteiger partial charge in [0.1, 0.15) is 0 Å². The number of nitrogens with zero attached hydrogens (tertiary/aromatic N) is 2. The summed E-state index contributed by atoms with van der Waals surface area (Å²) in [7, 11) is -1.03. The van der Waals surface area contributed by atoms with E-state index in [9.17, 15) is 4.21 Å². The quantitative estimate of drug-likeness (QED) is 0.857. The molecule has 0 spiro atoms. The van der Waals surface area contributed by atoms with Gasteiger partial charge in [-0.25, -0.2) is 9.97 Å². The first kappa shape index (κ1) is 11.2. The third-order valence-electron chi connectivity index (χ3n) is 2.05. The first-order valence-corrected chi connectivity index (χ1v) is 7.57. The number of rotatable bonds is 2. The molecule has 0 aliphatic rings. The van der Waals surface area contributed by atoms with Crippen LogP contribution in [0.25, 0.3) is 10.3 Å². The molecule has 15 heavy (non-hydrogen) atoms. The van der Waals surface area contributed by atoms with Gasteiger partial charge < -0.3 is 0 Å². The van der Waals surface area contributed by atoms with Gasteiger partial charge in [-0.15, -0.1) is 11.3 Å². The molecule has 2 heterocycles. The van der Waals surface area contributed by atoms with Gasteiger partial charge in [0.25, 0.3) is 0 Å². The molecule has 0 amide bonds. The number of hydrogen-bond donors (Lipinski definition) is 0. The van der Waals surface area contributed by atoms with Crippen LogP contribution < -0.4 is 0 Å². The minimum atomic E-state index is -1.03. The van der Waals surface area contributed by atoms with Crippen LogP contribution in [0.5, 0.6) is 0 Å². The van der Waals surface area contributed by atoms with Crippen molar-refractivity contribution in [3.8, 4) is 0 Å². The van der Waals surface area contributed by atoms with Crippen molar-refractivity contribution in [2.24, 2.45) is 0 Å². The van der Waals surface area contributed by atoms with Crippen LogP contribution >= 0.6 is 27.3 Å². The van der Waals surface area contributed by atoms with Crippen LogP contribution in [0.4, 0.5) is 0 Å². The first-order chi connectivity index (χ1) is 7.13. The van der Waals surface area contributed by atoms with E-state index in [1.807, 2.05) is 0 Å². The Morgan fingerprint density at radius 1 is 1.60 bits per heavy atom. The molecule has 0 saturated heterocycles. The summed E-state index contributed by atoms with van der Waals surface area (Å²) >= 11 is 4.93. The standard InChI is InChI=1S/C9H9BrN2OS2/c1-3-5-6(10)4-11-8-7(5)14-9(12-8)15(2)13/h4H,3H2,1-2H3. The highest BCUT2D eigenvalue weighted by molar-refractivity contribution is 9.10. The second-order valence-corrected chi connectivity index (χ2v) is 6.43. The van der Waals surface area contributed by atoms with Crippen molar-refractivity contribution in [3.63, 3.8) is 0 Å². The maximum atomic E-state index is 11.3. The van der Waals surface area contributed by atoms with Crippen LogP contribution in [0.3, 0.4) is 0 Å². The molecule has 80 valence electrons. The molecule has 2 aromatic rings. The fourth-order valence-electron chi connectivity index (χ4n) is 1.33. The third-order valence-corrected chi connectivity index (χ3v) is 5.17. The number of thiazole rings is 1. The summed E-state index contributed by atoms with van der Waals surface area (Å²) in [5.41, 5.74) is 1.89. The zero-order chi connectivity index (χ0) is 11.0. The molecular weight excluding hydrogens is 296 g/mol. The molecular formula is C9H9BrN2OS2. The predicted molar refractivity (Wildman–Crippen MR) is 66.8 cm³/mol. The molecule has 0 aromatic carbocycles. The second-order valence-electron chi connectivity index (χ2n) is 3.02. The minimum absolute atomic E-state index is 0.644. The molecule has 0 fully saturated rings. The van der Waals surface area contributed by atoms with E-state index in [1.165, 1.54) is 16.9 Å².